The number of piperidine rings is 1. The molecule has 1 fully saturated rings. The van der Waals surface area contributed by atoms with E-state index in [2.05, 4.69) is 29.6 Å². The van der Waals surface area contributed by atoms with E-state index < -0.39 is 0 Å². The molecule has 0 unspecified atom stereocenters. The average molecular weight is 434 g/mol. The highest BCUT2D eigenvalue weighted by molar-refractivity contribution is 5.94. The number of likely N-dealkylation sites (tertiary alicyclic amines) is 1. The number of rotatable bonds is 2. The van der Waals surface area contributed by atoms with E-state index in [4.69, 9.17) is 4.74 Å². The number of benzene rings is 2. The molecule has 2 atom stereocenters. The fraction of sp³-hybridized carbons (Fsp3) is 0.462. The molecule has 3 aliphatic rings. The minimum absolute atomic E-state index is 0.00710. The van der Waals surface area contributed by atoms with Crippen molar-refractivity contribution in [1.29, 1.82) is 0 Å². The summed E-state index contributed by atoms with van der Waals surface area (Å²) in [5.74, 6) is 0.842. The molecule has 1 saturated heterocycles. The quantitative estimate of drug-likeness (QED) is 0.768. The third-order valence-corrected chi connectivity index (χ3v) is 6.98. The van der Waals surface area contributed by atoms with Crippen LogP contribution in [-0.2, 0) is 11.2 Å². The molecule has 0 bridgehead atoms. The number of hydrogen-bond donors (Lipinski definition) is 1. The second-order valence-electron chi connectivity index (χ2n) is 9.20. The monoisotopic (exact) mass is 433 g/mol. The van der Waals surface area contributed by atoms with Gasteiger partial charge >= 0.3 is 6.03 Å². The Kier molecular flexibility index (Phi) is 5.77. The molecule has 32 heavy (non-hydrogen) atoms. The summed E-state index contributed by atoms with van der Waals surface area (Å²) in [6.45, 7) is 3.73. The second-order valence-corrected chi connectivity index (χ2v) is 9.20. The van der Waals surface area contributed by atoms with Crippen molar-refractivity contribution < 1.29 is 14.3 Å². The van der Waals surface area contributed by atoms with Gasteiger partial charge in [-0.3, -0.25) is 9.69 Å². The Morgan fingerprint density at radius 3 is 2.59 bits per heavy atom. The standard InChI is InChI=1S/C26H31N3O3/c1-18-17-29(23-11-4-5-12-24(23)32-18)26(31)28-15-13-20(14-16-28)25(30)27-22-10-6-8-19-7-2-3-9-21(19)22/h2-5,7,9,11-12,18,20,22H,6,8,10,13-17H2,1H3,(H,27,30)/t18-,22-/m0/s1. The van der Waals surface area contributed by atoms with Crippen LogP contribution in [0.3, 0.4) is 0 Å². The maximum absolute atomic E-state index is 13.3. The molecule has 0 aromatic heterocycles. The first-order valence-corrected chi connectivity index (χ1v) is 11.8. The second kappa shape index (κ2) is 8.85. The summed E-state index contributed by atoms with van der Waals surface area (Å²) in [4.78, 5) is 30.0. The van der Waals surface area contributed by atoms with E-state index in [0.717, 1.165) is 30.7 Å². The summed E-state index contributed by atoms with van der Waals surface area (Å²) in [6, 6.07) is 16.2. The molecular weight excluding hydrogens is 402 g/mol. The Hall–Kier alpha value is -3.02. The van der Waals surface area contributed by atoms with Gasteiger partial charge in [-0.15, -0.1) is 0 Å². The number of carbonyl (C=O) groups is 2. The first kappa shape index (κ1) is 20.9. The van der Waals surface area contributed by atoms with Crippen LogP contribution in [0.2, 0.25) is 0 Å². The SMILES string of the molecule is C[C@H]1CN(C(=O)N2CCC(C(=O)N[C@H]3CCCc4ccccc43)CC2)c2ccccc2O1. The van der Waals surface area contributed by atoms with E-state index in [1.165, 1.54) is 11.1 Å². The van der Waals surface area contributed by atoms with Gasteiger partial charge in [0.1, 0.15) is 11.9 Å². The number of anilines is 1. The first-order valence-electron chi connectivity index (χ1n) is 11.8. The summed E-state index contributed by atoms with van der Waals surface area (Å²) in [5, 5.41) is 3.30. The van der Waals surface area contributed by atoms with Gasteiger partial charge in [0.15, 0.2) is 0 Å². The number of nitrogens with one attached hydrogen (secondary N) is 1. The predicted octanol–water partition coefficient (Wildman–Crippen LogP) is 4.30. The van der Waals surface area contributed by atoms with Gasteiger partial charge in [-0.1, -0.05) is 36.4 Å². The number of para-hydroxylation sites is 2. The van der Waals surface area contributed by atoms with Crippen LogP contribution in [0.4, 0.5) is 10.5 Å². The fourth-order valence-electron chi connectivity index (χ4n) is 5.27. The van der Waals surface area contributed by atoms with Crippen LogP contribution >= 0.6 is 0 Å². The summed E-state index contributed by atoms with van der Waals surface area (Å²) >= 11 is 0. The Labute approximate surface area is 189 Å². The number of nitrogens with zero attached hydrogens (tertiary/aromatic N) is 2. The molecule has 0 radical (unpaired) electrons. The van der Waals surface area contributed by atoms with E-state index in [9.17, 15) is 9.59 Å². The smallest absolute Gasteiger partial charge is 0.324 e. The fourth-order valence-corrected chi connectivity index (χ4v) is 5.27. The van der Waals surface area contributed by atoms with E-state index in [1.54, 1.807) is 0 Å². The molecular formula is C26H31N3O3. The summed E-state index contributed by atoms with van der Waals surface area (Å²) in [7, 11) is 0. The lowest BCUT2D eigenvalue weighted by Gasteiger charge is -2.39. The van der Waals surface area contributed by atoms with Crippen LogP contribution < -0.4 is 15.0 Å². The van der Waals surface area contributed by atoms with Crippen molar-refractivity contribution in [3.63, 3.8) is 0 Å². The third kappa shape index (κ3) is 4.06. The van der Waals surface area contributed by atoms with Gasteiger partial charge in [0.05, 0.1) is 18.3 Å². The lowest BCUT2D eigenvalue weighted by Crippen LogP contribution is -2.52. The van der Waals surface area contributed by atoms with Gasteiger partial charge in [-0.2, -0.15) is 0 Å². The molecule has 5 rings (SSSR count). The molecule has 0 spiro atoms. The van der Waals surface area contributed by atoms with Crippen molar-refractivity contribution in [1.82, 2.24) is 10.2 Å². The van der Waals surface area contributed by atoms with Crippen molar-refractivity contribution >= 4 is 17.6 Å². The van der Waals surface area contributed by atoms with Crippen LogP contribution in [0.5, 0.6) is 5.75 Å². The van der Waals surface area contributed by atoms with Crippen molar-refractivity contribution in [3.8, 4) is 5.75 Å². The topological polar surface area (TPSA) is 61.9 Å². The minimum Gasteiger partial charge on any atom is -0.487 e. The molecule has 1 aliphatic carbocycles. The zero-order valence-electron chi connectivity index (χ0n) is 18.6. The zero-order valence-corrected chi connectivity index (χ0v) is 18.6. The van der Waals surface area contributed by atoms with Crippen molar-refractivity contribution in [2.75, 3.05) is 24.5 Å². The molecule has 168 valence electrons. The molecule has 2 heterocycles. The summed E-state index contributed by atoms with van der Waals surface area (Å²) < 4.78 is 5.88. The molecule has 3 amide bonds. The normalized spacial score (nSPS) is 23.0. The van der Waals surface area contributed by atoms with Gasteiger partial charge in [0.2, 0.25) is 5.91 Å². The number of amides is 3. The van der Waals surface area contributed by atoms with Gasteiger partial charge in [0.25, 0.3) is 0 Å². The van der Waals surface area contributed by atoms with Crippen molar-refractivity contribution in [3.05, 3.63) is 59.7 Å². The van der Waals surface area contributed by atoms with Gasteiger partial charge in [-0.25, -0.2) is 4.79 Å². The number of aryl methyl sites for hydroxylation is 1. The summed E-state index contributed by atoms with van der Waals surface area (Å²) in [5.41, 5.74) is 3.44. The Morgan fingerprint density at radius 2 is 1.75 bits per heavy atom. The maximum Gasteiger partial charge on any atom is 0.324 e. The molecule has 6 heteroatoms. The van der Waals surface area contributed by atoms with Crippen LogP contribution in [0, 0.1) is 5.92 Å². The van der Waals surface area contributed by atoms with Crippen LogP contribution in [0.15, 0.2) is 48.5 Å². The Balaban J connectivity index is 1.20. The lowest BCUT2D eigenvalue weighted by atomic mass is 9.87. The zero-order chi connectivity index (χ0) is 22.1. The average Bonchev–Trinajstić information content (AvgIpc) is 2.83. The van der Waals surface area contributed by atoms with Gasteiger partial charge < -0.3 is 15.0 Å². The van der Waals surface area contributed by atoms with E-state index in [-0.39, 0.29) is 30.0 Å². The lowest BCUT2D eigenvalue weighted by molar-refractivity contribution is -0.127. The van der Waals surface area contributed by atoms with Gasteiger partial charge in [-0.05, 0) is 62.3 Å². The number of ether oxygens (including phenoxy) is 1. The Bertz CT molecular complexity index is 999. The molecule has 2 aromatic carbocycles. The van der Waals surface area contributed by atoms with Gasteiger partial charge in [0, 0.05) is 19.0 Å². The molecule has 0 saturated carbocycles. The number of hydrogen-bond acceptors (Lipinski definition) is 3. The molecule has 2 aromatic rings. The largest absolute Gasteiger partial charge is 0.487 e. The molecule has 6 nitrogen and oxygen atoms in total. The van der Waals surface area contributed by atoms with Crippen LogP contribution in [0.25, 0.3) is 0 Å². The maximum atomic E-state index is 13.3. The predicted molar refractivity (Wildman–Crippen MR) is 124 cm³/mol. The summed E-state index contributed by atoms with van der Waals surface area (Å²) in [6.07, 6.45) is 4.55. The molecule has 1 N–H and O–H groups in total. The highest BCUT2D eigenvalue weighted by atomic mass is 16.5. The number of carbonyl (C=O) groups excluding carboxylic acids is 2. The van der Waals surface area contributed by atoms with Crippen LogP contribution in [0.1, 0.15) is 49.8 Å². The Morgan fingerprint density at radius 1 is 1.00 bits per heavy atom. The van der Waals surface area contributed by atoms with E-state index in [1.807, 2.05) is 41.0 Å². The third-order valence-electron chi connectivity index (χ3n) is 6.98. The molecule has 2 aliphatic heterocycles. The van der Waals surface area contributed by atoms with Crippen molar-refractivity contribution in [2.45, 2.75) is 51.2 Å². The van der Waals surface area contributed by atoms with Crippen molar-refractivity contribution in [2.24, 2.45) is 5.92 Å². The van der Waals surface area contributed by atoms with E-state index >= 15 is 0 Å². The van der Waals surface area contributed by atoms with E-state index in [0.29, 0.717) is 32.5 Å². The number of fused-ring (bicyclic) bond motifs is 2. The minimum atomic E-state index is -0.0458. The highest BCUT2D eigenvalue weighted by Gasteiger charge is 2.34. The number of urea groups is 1. The first-order chi connectivity index (χ1) is 15.6. The highest BCUT2D eigenvalue weighted by Crippen LogP contribution is 2.34. The van der Waals surface area contributed by atoms with Crippen LogP contribution in [-0.4, -0.2) is 42.6 Å².